The lowest BCUT2D eigenvalue weighted by Gasteiger charge is -2.39. The molecule has 1 saturated carbocycles. The molecule has 428 valence electrons. The van der Waals surface area contributed by atoms with Gasteiger partial charge in [-0.15, -0.1) is 0 Å². The first-order valence-electron chi connectivity index (χ1n) is 27.7. The Morgan fingerprint density at radius 3 is 2.31 bits per heavy atom. The highest BCUT2D eigenvalue weighted by Crippen LogP contribution is 2.70. The number of carbonyl (C=O) groups excluding carboxylic acids is 7. The SMILES string of the molecule is COC(=O)CNC(=O)CNC(=O)Cn1nc(C)c2c(-c3cc4c(cnn4C(=O)CCC(=O)N4CCC(CN5CCC(C(=O)N6CCC(n7cc(NC(=O)c8n[nH]c9c8C[C@H]8C(F)(F)[C@@]8(C)C9)cn7)CC6)CC5)CC4)cc3F)cccc21. The summed E-state index contributed by atoms with van der Waals surface area (Å²) in [5, 5.41) is 29.0. The molecule has 7 heterocycles. The van der Waals surface area contributed by atoms with Crippen molar-refractivity contribution >= 4 is 68.9 Å². The topological polar surface area (TPSA) is 257 Å². The number of alkyl halides is 2. The number of aromatic nitrogens is 8. The molecule has 0 spiro atoms. The third-order valence-electron chi connectivity index (χ3n) is 17.5. The summed E-state index contributed by atoms with van der Waals surface area (Å²) >= 11 is 0. The molecule has 25 heteroatoms. The Bertz CT molecular complexity index is 3450. The van der Waals surface area contributed by atoms with Gasteiger partial charge in [-0.05, 0) is 94.6 Å². The standard InChI is InChI=1S/C56H65F3N14O8/c1-32-51-38(5-4-6-43(51)72(67-32)31-47(75)60-27-46(74)61-28-50(78)81-3)39-22-44-35(21-41(39)57)25-63-73(44)49(77)8-7-48(76)69-17-9-33(10-18-69)29-68-15-11-34(12-16-68)54(80)70-19-13-37(14-20-70)71-30-36(26-62-71)64-53(79)52-40-23-45-55(2,56(45,58)59)24-42(40)65-66-52/h4-6,21-22,25-26,30,33-34,37,45H,7-20,23-24,27-29,31H2,1-3H3,(H,60,75)(H,61,74)(H,64,79)(H,65,66)/t45-,55+/m1/s1. The number of fused-ring (bicyclic) bond motifs is 4. The van der Waals surface area contributed by atoms with Gasteiger partial charge in [0, 0.05) is 103 Å². The number of nitrogens with one attached hydrogen (secondary N) is 4. The molecular formula is C56H65F3N14O8. The van der Waals surface area contributed by atoms with E-state index in [0.717, 1.165) is 58.2 Å². The molecule has 0 radical (unpaired) electrons. The highest BCUT2D eigenvalue weighted by Gasteiger charge is 2.78. The molecule has 22 nitrogen and oxygen atoms in total. The van der Waals surface area contributed by atoms with Gasteiger partial charge < -0.3 is 35.4 Å². The maximum Gasteiger partial charge on any atom is 0.325 e. The molecule has 2 atom stereocenters. The highest BCUT2D eigenvalue weighted by atomic mass is 19.3. The van der Waals surface area contributed by atoms with Crippen LogP contribution in [0.3, 0.4) is 0 Å². The zero-order valence-corrected chi connectivity index (χ0v) is 45.4. The van der Waals surface area contributed by atoms with Crippen LogP contribution in [0, 0.1) is 35.9 Å². The van der Waals surface area contributed by atoms with Crippen LogP contribution in [0.15, 0.2) is 48.9 Å². The van der Waals surface area contributed by atoms with Crippen molar-refractivity contribution < 1.29 is 51.5 Å². The van der Waals surface area contributed by atoms with Crippen molar-refractivity contribution in [1.82, 2.24) is 64.9 Å². The predicted molar refractivity (Wildman–Crippen MR) is 287 cm³/mol. The second kappa shape index (κ2) is 22.2. The largest absolute Gasteiger partial charge is 0.468 e. The second-order valence-electron chi connectivity index (χ2n) is 22.5. The molecule has 2 aliphatic carbocycles. The van der Waals surface area contributed by atoms with E-state index in [9.17, 15) is 42.3 Å². The Labute approximate surface area is 463 Å². The molecule has 4 N–H and O–H groups in total. The summed E-state index contributed by atoms with van der Waals surface area (Å²) in [5.41, 5.74) is 2.80. The van der Waals surface area contributed by atoms with E-state index in [1.807, 2.05) is 14.5 Å². The molecule has 5 amide bonds. The number of benzene rings is 2. The molecule has 2 aromatic carbocycles. The zero-order chi connectivity index (χ0) is 56.9. The van der Waals surface area contributed by atoms with Gasteiger partial charge in [0.2, 0.25) is 29.5 Å². The van der Waals surface area contributed by atoms with E-state index in [1.165, 1.54) is 28.7 Å². The second-order valence-corrected chi connectivity index (χ2v) is 22.5. The number of H-pyrrole nitrogens is 1. The van der Waals surface area contributed by atoms with Gasteiger partial charge in [0.25, 0.3) is 11.8 Å². The number of rotatable bonds is 16. The average molecular weight is 1120 g/mol. The third-order valence-corrected chi connectivity index (χ3v) is 17.5. The number of piperidine rings is 3. The molecular weight excluding hydrogens is 1050 g/mol. The van der Waals surface area contributed by atoms with Gasteiger partial charge in [-0.3, -0.25) is 48.0 Å². The Morgan fingerprint density at radius 1 is 0.827 bits per heavy atom. The van der Waals surface area contributed by atoms with Crippen LogP contribution in [0.5, 0.6) is 0 Å². The molecule has 0 bridgehead atoms. The minimum Gasteiger partial charge on any atom is -0.468 e. The maximum atomic E-state index is 15.9. The van der Waals surface area contributed by atoms with Crippen molar-refractivity contribution in [3.05, 3.63) is 77.4 Å². The van der Waals surface area contributed by atoms with Crippen LogP contribution < -0.4 is 16.0 Å². The molecule has 5 aliphatic rings. The fourth-order valence-corrected chi connectivity index (χ4v) is 12.7. The number of methoxy groups -OCH3 is 1. The smallest absolute Gasteiger partial charge is 0.325 e. The number of aromatic amines is 1. The van der Waals surface area contributed by atoms with E-state index in [2.05, 4.69) is 51.1 Å². The summed E-state index contributed by atoms with van der Waals surface area (Å²) in [6, 6.07) is 8.09. The third kappa shape index (κ3) is 10.9. The number of hydrogen-bond donors (Lipinski definition) is 4. The summed E-state index contributed by atoms with van der Waals surface area (Å²) in [6.07, 6.45) is 9.62. The van der Waals surface area contributed by atoms with Crippen LogP contribution in [0.25, 0.3) is 32.9 Å². The fourth-order valence-electron chi connectivity index (χ4n) is 12.7. The first kappa shape index (κ1) is 55.0. The van der Waals surface area contributed by atoms with Crippen molar-refractivity contribution in [2.24, 2.45) is 23.2 Å². The van der Waals surface area contributed by atoms with Crippen molar-refractivity contribution in [2.45, 2.75) is 96.6 Å². The maximum absolute atomic E-state index is 15.9. The monoisotopic (exact) mass is 1120 g/mol. The first-order valence-corrected chi connectivity index (χ1v) is 27.7. The van der Waals surface area contributed by atoms with Gasteiger partial charge in [0.05, 0.1) is 54.5 Å². The van der Waals surface area contributed by atoms with Crippen LogP contribution in [-0.4, -0.2) is 168 Å². The number of nitrogens with zero attached hydrogens (tertiary/aromatic N) is 10. The molecule has 6 aromatic rings. The summed E-state index contributed by atoms with van der Waals surface area (Å²) in [7, 11) is 1.19. The number of esters is 1. The van der Waals surface area contributed by atoms with E-state index in [4.69, 9.17) is 0 Å². The minimum atomic E-state index is -2.75. The van der Waals surface area contributed by atoms with Crippen LogP contribution >= 0.6 is 0 Å². The van der Waals surface area contributed by atoms with Gasteiger partial charge in [0.15, 0.2) is 5.69 Å². The molecule has 81 heavy (non-hydrogen) atoms. The number of likely N-dealkylation sites (tertiary alicyclic amines) is 3. The quantitative estimate of drug-likeness (QED) is 0.0962. The number of anilines is 1. The number of ether oxygens (including phenoxy) is 1. The van der Waals surface area contributed by atoms with Crippen molar-refractivity contribution in [2.75, 3.05) is 71.3 Å². The van der Waals surface area contributed by atoms with Crippen LogP contribution in [0.1, 0.15) is 96.6 Å². The average Bonchev–Trinajstić information content (AvgIpc) is 4.37. The Hall–Kier alpha value is -7.96. The molecule has 4 aromatic heterocycles. The Morgan fingerprint density at radius 2 is 1.56 bits per heavy atom. The van der Waals surface area contributed by atoms with E-state index >= 15 is 4.39 Å². The number of carbonyl (C=O) groups is 7. The lowest BCUT2D eigenvalue weighted by Crippen LogP contribution is -2.47. The lowest BCUT2D eigenvalue weighted by molar-refractivity contribution is -0.141. The highest BCUT2D eigenvalue weighted by molar-refractivity contribution is 6.04. The van der Waals surface area contributed by atoms with Crippen molar-refractivity contribution in [3.63, 3.8) is 0 Å². The van der Waals surface area contributed by atoms with Crippen LogP contribution in [0.4, 0.5) is 18.9 Å². The molecule has 4 fully saturated rings. The predicted octanol–water partition coefficient (Wildman–Crippen LogP) is 4.68. The summed E-state index contributed by atoms with van der Waals surface area (Å²) in [5.74, 6) is -6.25. The van der Waals surface area contributed by atoms with Crippen LogP contribution in [-0.2, 0) is 48.1 Å². The van der Waals surface area contributed by atoms with Gasteiger partial charge in [-0.1, -0.05) is 19.1 Å². The number of halogens is 3. The zero-order valence-electron chi connectivity index (χ0n) is 45.4. The van der Waals surface area contributed by atoms with Gasteiger partial charge >= 0.3 is 5.97 Å². The lowest BCUT2D eigenvalue weighted by atomic mass is 9.87. The first-order chi connectivity index (χ1) is 38.9. The molecule has 11 rings (SSSR count). The van der Waals surface area contributed by atoms with E-state index in [-0.39, 0.29) is 80.3 Å². The molecule has 3 aliphatic heterocycles. The van der Waals surface area contributed by atoms with Crippen molar-refractivity contribution in [3.8, 4) is 11.1 Å². The normalized spacial score (nSPS) is 20.4. The number of amides is 5. The summed E-state index contributed by atoms with van der Waals surface area (Å²) < 4.78 is 53.8. The molecule has 3 saturated heterocycles. The minimum absolute atomic E-state index is 0.00382. The number of hydrogen-bond acceptors (Lipinski definition) is 13. The van der Waals surface area contributed by atoms with Crippen molar-refractivity contribution in [1.29, 1.82) is 0 Å². The molecule has 0 unspecified atom stereocenters. The van der Waals surface area contributed by atoms with E-state index in [0.29, 0.717) is 82.1 Å². The Balaban J connectivity index is 0.603. The van der Waals surface area contributed by atoms with Gasteiger partial charge in [-0.25, -0.2) is 17.9 Å². The fraction of sp³-hybridized carbons (Fsp3) is 0.518. The Kier molecular flexibility index (Phi) is 15.1. The van der Waals surface area contributed by atoms with Crippen LogP contribution in [0.2, 0.25) is 0 Å². The van der Waals surface area contributed by atoms with E-state index < -0.39 is 52.7 Å². The van der Waals surface area contributed by atoms with E-state index in [1.54, 1.807) is 50.5 Å². The van der Waals surface area contributed by atoms with Gasteiger partial charge in [-0.2, -0.15) is 20.4 Å². The summed E-state index contributed by atoms with van der Waals surface area (Å²) in [6.45, 7) is 7.31. The summed E-state index contributed by atoms with van der Waals surface area (Å²) in [4.78, 5) is 96.5. The van der Waals surface area contributed by atoms with Gasteiger partial charge in [0.1, 0.15) is 18.9 Å². The number of aryl methyl sites for hydroxylation is 1.